The van der Waals surface area contributed by atoms with Crippen molar-refractivity contribution in [1.82, 2.24) is 5.32 Å². The molecule has 1 aromatic rings. The van der Waals surface area contributed by atoms with Crippen LogP contribution in [0.25, 0.3) is 0 Å². The Kier molecular flexibility index (Phi) is 4.27. The molecule has 1 fully saturated rings. The summed E-state index contributed by atoms with van der Waals surface area (Å²) in [6, 6.07) is 5.78. The summed E-state index contributed by atoms with van der Waals surface area (Å²) in [6.45, 7) is 1.54. The molecule has 5 heteroatoms. The molecule has 1 amide bonds. The molecule has 104 valence electrons. The molecule has 19 heavy (non-hydrogen) atoms. The minimum Gasteiger partial charge on any atom is -0.399 e. The van der Waals surface area contributed by atoms with Crippen LogP contribution in [-0.2, 0) is 4.74 Å². The van der Waals surface area contributed by atoms with Gasteiger partial charge in [-0.1, -0.05) is 0 Å². The standard InChI is InChI=1S/C14H21N3O2/c1-16-14(18)12-4-3-10(15)9-13(12)17(2)11-5-7-19-8-6-11/h3-4,9,11H,5-8,15H2,1-2H3,(H,16,18). The van der Waals surface area contributed by atoms with E-state index in [4.69, 9.17) is 10.5 Å². The first kappa shape index (κ1) is 13.7. The molecule has 1 aliphatic heterocycles. The first-order valence-electron chi connectivity index (χ1n) is 6.55. The normalized spacial score (nSPS) is 16.1. The largest absolute Gasteiger partial charge is 0.399 e. The number of amides is 1. The number of nitrogens with two attached hydrogens (primary N) is 1. The van der Waals surface area contributed by atoms with Gasteiger partial charge in [-0.3, -0.25) is 4.79 Å². The zero-order valence-electron chi connectivity index (χ0n) is 11.5. The topological polar surface area (TPSA) is 67.6 Å². The number of benzene rings is 1. The average molecular weight is 263 g/mol. The van der Waals surface area contributed by atoms with Crippen molar-refractivity contribution in [3.8, 4) is 0 Å². The second kappa shape index (κ2) is 5.93. The SMILES string of the molecule is CNC(=O)c1ccc(N)cc1N(C)C1CCOCC1. The van der Waals surface area contributed by atoms with Gasteiger partial charge in [0, 0.05) is 39.0 Å². The Balaban J connectivity index is 2.30. The number of carbonyl (C=O) groups is 1. The molecule has 1 saturated heterocycles. The van der Waals surface area contributed by atoms with E-state index < -0.39 is 0 Å². The smallest absolute Gasteiger partial charge is 0.253 e. The third-order valence-electron chi connectivity index (χ3n) is 3.61. The molecular weight excluding hydrogens is 242 g/mol. The van der Waals surface area contributed by atoms with Crippen molar-refractivity contribution in [2.75, 3.05) is 37.9 Å². The lowest BCUT2D eigenvalue weighted by atomic mass is 10.0. The maximum Gasteiger partial charge on any atom is 0.253 e. The zero-order chi connectivity index (χ0) is 13.8. The van der Waals surface area contributed by atoms with Gasteiger partial charge in [-0.25, -0.2) is 0 Å². The summed E-state index contributed by atoms with van der Waals surface area (Å²) in [4.78, 5) is 14.1. The second-order valence-electron chi connectivity index (χ2n) is 4.81. The highest BCUT2D eigenvalue weighted by Gasteiger charge is 2.22. The lowest BCUT2D eigenvalue weighted by molar-refractivity contribution is 0.0854. The van der Waals surface area contributed by atoms with Crippen molar-refractivity contribution < 1.29 is 9.53 Å². The van der Waals surface area contributed by atoms with Gasteiger partial charge in [0.25, 0.3) is 5.91 Å². The minimum atomic E-state index is -0.0890. The molecule has 1 heterocycles. The summed E-state index contributed by atoms with van der Waals surface area (Å²) in [5.41, 5.74) is 8.06. The number of rotatable bonds is 3. The molecule has 0 aromatic heterocycles. The molecule has 2 rings (SSSR count). The first-order valence-corrected chi connectivity index (χ1v) is 6.55. The highest BCUT2D eigenvalue weighted by atomic mass is 16.5. The summed E-state index contributed by atoms with van der Waals surface area (Å²) in [5.74, 6) is -0.0890. The average Bonchev–Trinajstić information content (AvgIpc) is 2.46. The van der Waals surface area contributed by atoms with Gasteiger partial charge in [-0.15, -0.1) is 0 Å². The van der Waals surface area contributed by atoms with Crippen LogP contribution in [0.5, 0.6) is 0 Å². The number of nitrogen functional groups attached to an aromatic ring is 1. The van der Waals surface area contributed by atoms with E-state index >= 15 is 0 Å². The Labute approximate surface area is 113 Å². The fourth-order valence-electron chi connectivity index (χ4n) is 2.44. The van der Waals surface area contributed by atoms with Crippen molar-refractivity contribution in [3.05, 3.63) is 23.8 Å². The van der Waals surface area contributed by atoms with Crippen LogP contribution in [0.4, 0.5) is 11.4 Å². The molecule has 0 aliphatic carbocycles. The van der Waals surface area contributed by atoms with Crippen LogP contribution in [0.15, 0.2) is 18.2 Å². The molecule has 1 aromatic carbocycles. The van der Waals surface area contributed by atoms with Gasteiger partial charge in [0.2, 0.25) is 0 Å². The van der Waals surface area contributed by atoms with Crippen LogP contribution in [0.1, 0.15) is 23.2 Å². The highest BCUT2D eigenvalue weighted by Crippen LogP contribution is 2.27. The van der Waals surface area contributed by atoms with Gasteiger partial charge in [0.05, 0.1) is 11.3 Å². The van der Waals surface area contributed by atoms with E-state index in [0.717, 1.165) is 31.7 Å². The van der Waals surface area contributed by atoms with E-state index in [-0.39, 0.29) is 5.91 Å². The highest BCUT2D eigenvalue weighted by molar-refractivity contribution is 6.00. The van der Waals surface area contributed by atoms with E-state index in [1.807, 2.05) is 13.1 Å². The maximum absolute atomic E-state index is 11.9. The van der Waals surface area contributed by atoms with E-state index in [9.17, 15) is 4.79 Å². The lowest BCUT2D eigenvalue weighted by Gasteiger charge is -2.34. The molecule has 0 spiro atoms. The van der Waals surface area contributed by atoms with E-state index in [0.29, 0.717) is 17.3 Å². The van der Waals surface area contributed by atoms with Crippen molar-refractivity contribution in [2.24, 2.45) is 0 Å². The summed E-state index contributed by atoms with van der Waals surface area (Å²) >= 11 is 0. The quantitative estimate of drug-likeness (QED) is 0.805. The fraction of sp³-hybridized carbons (Fsp3) is 0.500. The predicted octanol–water partition coefficient (Wildman–Crippen LogP) is 1.24. The molecular formula is C14H21N3O2. The van der Waals surface area contributed by atoms with Crippen molar-refractivity contribution in [3.63, 3.8) is 0 Å². The Hall–Kier alpha value is -1.75. The van der Waals surface area contributed by atoms with Crippen LogP contribution in [0, 0.1) is 0 Å². The van der Waals surface area contributed by atoms with E-state index in [2.05, 4.69) is 10.2 Å². The van der Waals surface area contributed by atoms with Crippen LogP contribution in [-0.4, -0.2) is 39.3 Å². The molecule has 5 nitrogen and oxygen atoms in total. The minimum absolute atomic E-state index is 0.0890. The molecule has 0 radical (unpaired) electrons. The van der Waals surface area contributed by atoms with Gasteiger partial charge in [0.15, 0.2) is 0 Å². The molecule has 0 saturated carbocycles. The second-order valence-corrected chi connectivity index (χ2v) is 4.81. The molecule has 0 unspecified atom stereocenters. The van der Waals surface area contributed by atoms with Gasteiger partial charge < -0.3 is 20.7 Å². The summed E-state index contributed by atoms with van der Waals surface area (Å²) in [6.07, 6.45) is 1.94. The number of nitrogens with one attached hydrogen (secondary N) is 1. The van der Waals surface area contributed by atoms with Crippen LogP contribution in [0.2, 0.25) is 0 Å². The first-order chi connectivity index (χ1) is 9.13. The number of anilines is 2. The molecule has 3 N–H and O–H groups in total. The van der Waals surface area contributed by atoms with Crippen LogP contribution >= 0.6 is 0 Å². The van der Waals surface area contributed by atoms with Gasteiger partial charge in [-0.2, -0.15) is 0 Å². The third-order valence-corrected chi connectivity index (χ3v) is 3.61. The summed E-state index contributed by atoms with van der Waals surface area (Å²) < 4.78 is 5.38. The maximum atomic E-state index is 11.9. The molecule has 0 atom stereocenters. The molecule has 1 aliphatic rings. The van der Waals surface area contributed by atoms with Crippen LogP contribution < -0.4 is 16.0 Å². The molecule has 0 bridgehead atoms. The third kappa shape index (κ3) is 2.98. The summed E-state index contributed by atoms with van der Waals surface area (Å²) in [5, 5.41) is 2.67. The van der Waals surface area contributed by atoms with Gasteiger partial charge in [0.1, 0.15) is 0 Å². The lowest BCUT2D eigenvalue weighted by Crippen LogP contribution is -2.38. The Morgan fingerprint density at radius 3 is 2.74 bits per heavy atom. The Bertz CT molecular complexity index is 456. The number of carbonyl (C=O) groups excluding carboxylic acids is 1. The summed E-state index contributed by atoms with van der Waals surface area (Å²) in [7, 11) is 3.65. The zero-order valence-corrected chi connectivity index (χ0v) is 11.5. The monoisotopic (exact) mass is 263 g/mol. The van der Waals surface area contributed by atoms with E-state index in [1.54, 1.807) is 19.2 Å². The number of nitrogens with zero attached hydrogens (tertiary/aromatic N) is 1. The Morgan fingerprint density at radius 1 is 1.42 bits per heavy atom. The van der Waals surface area contributed by atoms with Crippen LogP contribution in [0.3, 0.4) is 0 Å². The van der Waals surface area contributed by atoms with Crippen molar-refractivity contribution in [2.45, 2.75) is 18.9 Å². The van der Waals surface area contributed by atoms with Gasteiger partial charge >= 0.3 is 0 Å². The number of hydrogen-bond donors (Lipinski definition) is 2. The Morgan fingerprint density at radius 2 is 2.11 bits per heavy atom. The van der Waals surface area contributed by atoms with Crippen molar-refractivity contribution in [1.29, 1.82) is 0 Å². The van der Waals surface area contributed by atoms with Gasteiger partial charge in [-0.05, 0) is 31.0 Å². The van der Waals surface area contributed by atoms with Crippen molar-refractivity contribution >= 4 is 17.3 Å². The predicted molar refractivity (Wildman–Crippen MR) is 76.5 cm³/mol. The number of ether oxygens (including phenoxy) is 1. The number of hydrogen-bond acceptors (Lipinski definition) is 4. The fourth-order valence-corrected chi connectivity index (χ4v) is 2.44. The van der Waals surface area contributed by atoms with E-state index in [1.165, 1.54) is 0 Å².